The maximum Gasteiger partial charge on any atom is 0.279 e. The van der Waals surface area contributed by atoms with Crippen LogP contribution in [0.15, 0.2) is 36.4 Å². The average Bonchev–Trinajstić information content (AvgIpc) is 2.51. The van der Waals surface area contributed by atoms with Gasteiger partial charge in [-0.15, -0.1) is 0 Å². The van der Waals surface area contributed by atoms with Crippen molar-refractivity contribution in [2.24, 2.45) is 0 Å². The van der Waals surface area contributed by atoms with Gasteiger partial charge < -0.3 is 15.0 Å². The number of methoxy groups -OCH3 is 1. The number of carbonyl (C=O) groups excluding carboxylic acids is 1. The number of rotatable bonds is 6. The summed E-state index contributed by atoms with van der Waals surface area (Å²) in [6.45, 7) is 0.702. The van der Waals surface area contributed by atoms with Crippen LogP contribution in [0.4, 0.5) is 10.1 Å². The monoisotopic (exact) mass is 371 g/mol. The Kier molecular flexibility index (Phi) is 6.43. The molecule has 2 rings (SSSR count). The Morgan fingerprint density at radius 3 is 2.67 bits per heavy atom. The van der Waals surface area contributed by atoms with Gasteiger partial charge in [0.25, 0.3) is 5.91 Å². The molecule has 2 N–H and O–H groups in total. The van der Waals surface area contributed by atoms with E-state index in [9.17, 15) is 9.18 Å². The number of hydrogen-bond acceptors (Lipinski definition) is 2. The molecule has 0 aliphatic rings. The summed E-state index contributed by atoms with van der Waals surface area (Å²) < 4.78 is 18.6. The lowest BCUT2D eigenvalue weighted by Crippen LogP contribution is -3.08. The van der Waals surface area contributed by atoms with Crippen LogP contribution in [0.1, 0.15) is 5.56 Å². The number of amides is 1. The largest absolute Gasteiger partial charge is 0.494 e. The van der Waals surface area contributed by atoms with Gasteiger partial charge >= 0.3 is 0 Å². The third-order valence-electron chi connectivity index (χ3n) is 3.39. The van der Waals surface area contributed by atoms with Crippen molar-refractivity contribution in [3.63, 3.8) is 0 Å². The van der Waals surface area contributed by atoms with E-state index in [1.54, 1.807) is 30.3 Å². The van der Waals surface area contributed by atoms with Crippen LogP contribution in [-0.4, -0.2) is 26.6 Å². The van der Waals surface area contributed by atoms with E-state index >= 15 is 0 Å². The molecule has 0 spiro atoms. The Morgan fingerprint density at radius 2 is 2.00 bits per heavy atom. The highest BCUT2D eigenvalue weighted by atomic mass is 35.5. The lowest BCUT2D eigenvalue weighted by atomic mass is 10.2. The average molecular weight is 372 g/mol. The zero-order valence-corrected chi connectivity index (χ0v) is 14.8. The third-order valence-corrected chi connectivity index (χ3v) is 3.95. The molecule has 0 aromatic heterocycles. The van der Waals surface area contributed by atoms with E-state index in [1.165, 1.54) is 13.2 Å². The van der Waals surface area contributed by atoms with Crippen LogP contribution in [0.5, 0.6) is 5.75 Å². The maximum atomic E-state index is 13.7. The van der Waals surface area contributed by atoms with Crippen molar-refractivity contribution in [3.8, 4) is 5.75 Å². The molecule has 0 saturated carbocycles. The zero-order chi connectivity index (χ0) is 17.7. The van der Waals surface area contributed by atoms with Gasteiger partial charge in [-0.3, -0.25) is 4.79 Å². The SMILES string of the molecule is COc1ccc(C[NH+](C)CC(=O)Nc2cc(Cl)ccc2Cl)cc1F. The van der Waals surface area contributed by atoms with Crippen molar-refractivity contribution in [2.75, 3.05) is 26.0 Å². The molecule has 0 heterocycles. The van der Waals surface area contributed by atoms with Crippen molar-refractivity contribution < 1.29 is 18.8 Å². The number of carbonyl (C=O) groups is 1. The Labute approximate surface area is 150 Å². The summed E-state index contributed by atoms with van der Waals surface area (Å²) in [7, 11) is 3.27. The van der Waals surface area contributed by atoms with Crippen LogP contribution in [0, 0.1) is 5.82 Å². The van der Waals surface area contributed by atoms with Crippen molar-refractivity contribution in [3.05, 3.63) is 57.8 Å². The fourth-order valence-corrected chi connectivity index (χ4v) is 2.63. The molecule has 0 fully saturated rings. The smallest absolute Gasteiger partial charge is 0.279 e. The van der Waals surface area contributed by atoms with E-state index in [0.717, 1.165) is 10.5 Å². The van der Waals surface area contributed by atoms with Gasteiger partial charge in [-0.2, -0.15) is 0 Å². The van der Waals surface area contributed by atoms with Gasteiger partial charge in [-0.1, -0.05) is 23.2 Å². The van der Waals surface area contributed by atoms with E-state index in [2.05, 4.69) is 5.32 Å². The molecular formula is C17H18Cl2FN2O2+. The molecule has 1 atom stereocenters. The molecule has 7 heteroatoms. The molecule has 0 bridgehead atoms. The number of benzene rings is 2. The molecule has 0 aliphatic heterocycles. The Bertz CT molecular complexity index is 741. The second-order valence-corrected chi connectivity index (χ2v) is 6.30. The summed E-state index contributed by atoms with van der Waals surface area (Å²) in [4.78, 5) is 13.0. The zero-order valence-electron chi connectivity index (χ0n) is 13.3. The van der Waals surface area contributed by atoms with E-state index in [4.69, 9.17) is 27.9 Å². The standard InChI is InChI=1S/C17H17Cl2FN2O2/c1-22(9-11-3-6-16(24-2)14(20)7-11)10-17(23)21-15-8-12(18)4-5-13(15)19/h3-8H,9-10H2,1-2H3,(H,21,23)/p+1. The van der Waals surface area contributed by atoms with E-state index in [0.29, 0.717) is 22.3 Å². The van der Waals surface area contributed by atoms with Gasteiger partial charge in [0.1, 0.15) is 6.54 Å². The van der Waals surface area contributed by atoms with Gasteiger partial charge in [-0.25, -0.2) is 4.39 Å². The van der Waals surface area contributed by atoms with Crippen LogP contribution in [0.3, 0.4) is 0 Å². The number of anilines is 1. The first-order valence-corrected chi connectivity index (χ1v) is 8.03. The molecule has 0 saturated heterocycles. The molecule has 24 heavy (non-hydrogen) atoms. The van der Waals surface area contributed by atoms with Crippen LogP contribution >= 0.6 is 23.2 Å². The van der Waals surface area contributed by atoms with E-state index < -0.39 is 5.82 Å². The fraction of sp³-hybridized carbons (Fsp3) is 0.235. The first-order valence-electron chi connectivity index (χ1n) is 7.27. The number of ether oxygens (including phenoxy) is 1. The highest BCUT2D eigenvalue weighted by molar-refractivity contribution is 6.35. The van der Waals surface area contributed by atoms with Gasteiger partial charge in [0, 0.05) is 10.6 Å². The highest BCUT2D eigenvalue weighted by Gasteiger charge is 2.14. The third kappa shape index (κ3) is 5.09. The quantitative estimate of drug-likeness (QED) is 0.819. The fourth-order valence-electron chi connectivity index (χ4n) is 2.29. The Morgan fingerprint density at radius 1 is 1.25 bits per heavy atom. The summed E-state index contributed by atoms with van der Waals surface area (Å²) in [5.41, 5.74) is 1.25. The predicted molar refractivity (Wildman–Crippen MR) is 93.5 cm³/mol. The molecule has 1 unspecified atom stereocenters. The summed E-state index contributed by atoms with van der Waals surface area (Å²) in [5.74, 6) is -0.423. The topological polar surface area (TPSA) is 42.8 Å². The molecule has 2 aromatic carbocycles. The van der Waals surface area contributed by atoms with Gasteiger partial charge in [0.15, 0.2) is 18.1 Å². The normalized spacial score (nSPS) is 11.9. The molecule has 2 aromatic rings. The first-order chi connectivity index (χ1) is 11.4. The van der Waals surface area contributed by atoms with Crippen LogP contribution < -0.4 is 15.0 Å². The number of halogens is 3. The summed E-state index contributed by atoms with van der Waals surface area (Å²) in [6, 6.07) is 9.62. The summed E-state index contributed by atoms with van der Waals surface area (Å²) >= 11 is 11.9. The minimum atomic E-state index is -0.419. The lowest BCUT2D eigenvalue weighted by Gasteiger charge is -2.15. The van der Waals surface area contributed by atoms with Crippen LogP contribution in [-0.2, 0) is 11.3 Å². The Balaban J connectivity index is 1.94. The van der Waals surface area contributed by atoms with Crippen molar-refractivity contribution in [2.45, 2.75) is 6.54 Å². The number of hydrogen-bond donors (Lipinski definition) is 2. The van der Waals surface area contributed by atoms with Gasteiger partial charge in [-0.05, 0) is 36.4 Å². The minimum Gasteiger partial charge on any atom is -0.494 e. The van der Waals surface area contributed by atoms with E-state index in [-0.39, 0.29) is 18.2 Å². The lowest BCUT2D eigenvalue weighted by molar-refractivity contribution is -0.885. The summed E-state index contributed by atoms with van der Waals surface area (Å²) in [6.07, 6.45) is 0. The second-order valence-electron chi connectivity index (χ2n) is 5.45. The first kappa shape index (κ1) is 18.5. The molecule has 0 aliphatic carbocycles. The number of likely N-dealkylation sites (N-methyl/N-ethyl adjacent to an activating group) is 1. The maximum absolute atomic E-state index is 13.7. The highest BCUT2D eigenvalue weighted by Crippen LogP contribution is 2.25. The van der Waals surface area contributed by atoms with Gasteiger partial charge in [0.05, 0.1) is 24.9 Å². The van der Waals surface area contributed by atoms with Crippen LogP contribution in [0.2, 0.25) is 10.0 Å². The predicted octanol–water partition coefficient (Wildman–Crippen LogP) is 2.79. The van der Waals surface area contributed by atoms with E-state index in [1.807, 2.05) is 7.05 Å². The van der Waals surface area contributed by atoms with Crippen molar-refractivity contribution >= 4 is 34.8 Å². The minimum absolute atomic E-state index is 0.199. The number of nitrogens with one attached hydrogen (secondary N) is 2. The second kappa shape index (κ2) is 8.33. The molecular weight excluding hydrogens is 354 g/mol. The molecule has 0 radical (unpaired) electrons. The molecule has 4 nitrogen and oxygen atoms in total. The molecule has 1 amide bonds. The summed E-state index contributed by atoms with van der Waals surface area (Å²) in [5, 5.41) is 3.64. The molecule has 128 valence electrons. The Hall–Kier alpha value is -1.82. The number of quaternary nitrogens is 1. The van der Waals surface area contributed by atoms with Gasteiger partial charge in [0.2, 0.25) is 0 Å². The van der Waals surface area contributed by atoms with Crippen LogP contribution in [0.25, 0.3) is 0 Å². The van der Waals surface area contributed by atoms with Crippen molar-refractivity contribution in [1.82, 2.24) is 0 Å². The van der Waals surface area contributed by atoms with Crippen molar-refractivity contribution in [1.29, 1.82) is 0 Å².